The fourth-order valence-electron chi connectivity index (χ4n) is 1.44. The zero-order valence-corrected chi connectivity index (χ0v) is 10.9. The van der Waals surface area contributed by atoms with Crippen molar-refractivity contribution in [1.29, 1.82) is 5.41 Å². The molecule has 1 aromatic carbocycles. The van der Waals surface area contributed by atoms with Crippen LogP contribution in [0.25, 0.3) is 0 Å². The van der Waals surface area contributed by atoms with Crippen LogP contribution in [0, 0.1) is 5.41 Å². The van der Waals surface area contributed by atoms with Gasteiger partial charge in [-0.2, -0.15) is 0 Å². The molecule has 1 aromatic heterocycles. The third-order valence-electron chi connectivity index (χ3n) is 2.31. The highest BCUT2D eigenvalue weighted by atomic mass is 16.3. The lowest BCUT2D eigenvalue weighted by atomic mass is 10.0. The van der Waals surface area contributed by atoms with E-state index in [-0.39, 0.29) is 23.1 Å². The molecule has 6 N–H and O–H groups in total. The Morgan fingerprint density at radius 2 is 1.53 bits per heavy atom. The van der Waals surface area contributed by atoms with E-state index in [1.165, 1.54) is 18.5 Å². The molecule has 0 radical (unpaired) electrons. The van der Waals surface area contributed by atoms with Gasteiger partial charge in [0.15, 0.2) is 0 Å². The molecule has 0 saturated heterocycles. The molecule has 0 bridgehead atoms. The maximum Gasteiger partial charge on any atom is 0.138 e. The highest BCUT2D eigenvalue weighted by Crippen LogP contribution is 2.20. The third kappa shape index (κ3) is 3.19. The maximum atomic E-state index is 9.17. The monoisotopic (exact) mass is 259 g/mol. The first kappa shape index (κ1) is 14.4. The summed E-state index contributed by atoms with van der Waals surface area (Å²) in [7, 11) is 0. The number of nitrogens with two attached hydrogens (primary N) is 2. The molecule has 0 amide bonds. The molecular weight excluding hydrogens is 242 g/mol. The summed E-state index contributed by atoms with van der Waals surface area (Å²) in [5, 5.41) is 17.2. The minimum Gasteiger partial charge on any atom is -0.508 e. The van der Waals surface area contributed by atoms with Gasteiger partial charge in [0.05, 0.1) is 11.3 Å². The van der Waals surface area contributed by atoms with Crippen LogP contribution in [0.2, 0.25) is 0 Å². The number of phenolic OH excluding ortho intramolecular Hbond substituents is 1. The second kappa shape index (κ2) is 6.34. The second-order valence-corrected chi connectivity index (χ2v) is 3.44. The van der Waals surface area contributed by atoms with Gasteiger partial charge >= 0.3 is 0 Å². The van der Waals surface area contributed by atoms with Crippen molar-refractivity contribution in [3.63, 3.8) is 0 Å². The van der Waals surface area contributed by atoms with Crippen LogP contribution in [0.15, 0.2) is 30.6 Å². The van der Waals surface area contributed by atoms with Gasteiger partial charge in [0.1, 0.15) is 23.7 Å². The maximum absolute atomic E-state index is 9.17. The number of anilines is 2. The van der Waals surface area contributed by atoms with Crippen LogP contribution < -0.4 is 11.5 Å². The van der Waals surface area contributed by atoms with Gasteiger partial charge in [0, 0.05) is 5.56 Å². The van der Waals surface area contributed by atoms with Crippen molar-refractivity contribution in [3.8, 4) is 5.75 Å². The van der Waals surface area contributed by atoms with E-state index in [1.807, 2.05) is 13.8 Å². The fraction of sp³-hybridized carbons (Fsp3) is 0.154. The van der Waals surface area contributed by atoms with Gasteiger partial charge in [-0.1, -0.05) is 13.8 Å². The van der Waals surface area contributed by atoms with Crippen LogP contribution in [0.5, 0.6) is 5.75 Å². The van der Waals surface area contributed by atoms with E-state index >= 15 is 0 Å². The number of rotatable bonds is 2. The van der Waals surface area contributed by atoms with Crippen LogP contribution in [0.4, 0.5) is 11.6 Å². The molecule has 0 aliphatic heterocycles. The smallest absolute Gasteiger partial charge is 0.138 e. The third-order valence-corrected chi connectivity index (χ3v) is 2.31. The lowest BCUT2D eigenvalue weighted by Crippen LogP contribution is -2.11. The molecule has 100 valence electrons. The first-order valence-corrected chi connectivity index (χ1v) is 5.84. The largest absolute Gasteiger partial charge is 0.508 e. The molecule has 6 nitrogen and oxygen atoms in total. The van der Waals surface area contributed by atoms with E-state index in [0.717, 1.165) is 0 Å². The number of hydrogen-bond acceptors (Lipinski definition) is 6. The highest BCUT2D eigenvalue weighted by Gasteiger charge is 2.13. The van der Waals surface area contributed by atoms with Crippen LogP contribution in [-0.2, 0) is 0 Å². The predicted octanol–water partition coefficient (Wildman–Crippen LogP) is 1.79. The number of benzene rings is 1. The minimum absolute atomic E-state index is 0.126. The SMILES string of the molecule is CC.N=C(c1ccc(O)cc1)c1c(N)ncnc1N. The Hall–Kier alpha value is -2.63. The first-order chi connectivity index (χ1) is 9.09. The molecule has 0 atom stereocenters. The van der Waals surface area contributed by atoms with E-state index in [0.29, 0.717) is 11.1 Å². The summed E-state index contributed by atoms with van der Waals surface area (Å²) in [6.07, 6.45) is 1.25. The van der Waals surface area contributed by atoms with Gasteiger partial charge in [-0.15, -0.1) is 0 Å². The molecule has 1 heterocycles. The van der Waals surface area contributed by atoms with Crippen LogP contribution in [-0.4, -0.2) is 20.8 Å². The van der Waals surface area contributed by atoms with Crippen molar-refractivity contribution < 1.29 is 5.11 Å². The molecule has 0 unspecified atom stereocenters. The Kier molecular flexibility index (Phi) is 4.82. The zero-order chi connectivity index (χ0) is 14.4. The molecule has 2 aromatic rings. The molecule has 0 aliphatic rings. The predicted molar refractivity (Wildman–Crippen MR) is 76.2 cm³/mol. The fourth-order valence-corrected chi connectivity index (χ4v) is 1.44. The van der Waals surface area contributed by atoms with E-state index in [9.17, 15) is 5.11 Å². The summed E-state index contributed by atoms with van der Waals surface area (Å²) in [5.74, 6) is 0.456. The number of hydrogen-bond donors (Lipinski definition) is 4. The van der Waals surface area contributed by atoms with Gasteiger partial charge in [-0.05, 0) is 24.3 Å². The lowest BCUT2D eigenvalue weighted by Gasteiger charge is -2.08. The van der Waals surface area contributed by atoms with Crippen molar-refractivity contribution in [2.24, 2.45) is 0 Å². The number of nitrogens with one attached hydrogen (secondary N) is 1. The second-order valence-electron chi connectivity index (χ2n) is 3.44. The van der Waals surface area contributed by atoms with Gasteiger partial charge in [-0.3, -0.25) is 5.41 Å². The van der Waals surface area contributed by atoms with Gasteiger partial charge in [-0.25, -0.2) is 9.97 Å². The summed E-state index contributed by atoms with van der Waals surface area (Å²) in [6.45, 7) is 4.00. The standard InChI is InChI=1S/C11H11N5O.C2H6/c12-9(6-1-3-7(17)4-2-6)8-10(13)15-5-16-11(8)14;1-2/h1-5,12,17H,(H4,13,14,15,16);1-2H3. The Morgan fingerprint density at radius 1 is 1.05 bits per heavy atom. The molecule has 2 rings (SSSR count). The van der Waals surface area contributed by atoms with Crippen molar-refractivity contribution in [2.75, 3.05) is 11.5 Å². The summed E-state index contributed by atoms with van der Waals surface area (Å²) >= 11 is 0. The van der Waals surface area contributed by atoms with E-state index in [1.54, 1.807) is 12.1 Å². The first-order valence-electron chi connectivity index (χ1n) is 5.84. The van der Waals surface area contributed by atoms with Crippen LogP contribution in [0.3, 0.4) is 0 Å². The van der Waals surface area contributed by atoms with Crippen molar-refractivity contribution in [2.45, 2.75) is 13.8 Å². The lowest BCUT2D eigenvalue weighted by molar-refractivity contribution is 0.475. The molecule has 0 saturated carbocycles. The number of nitrogen functional groups attached to an aromatic ring is 2. The molecule has 0 aliphatic carbocycles. The molecule has 19 heavy (non-hydrogen) atoms. The molecule has 0 spiro atoms. The van der Waals surface area contributed by atoms with Crippen molar-refractivity contribution >= 4 is 17.3 Å². The van der Waals surface area contributed by atoms with E-state index in [2.05, 4.69) is 9.97 Å². The number of aromatic nitrogens is 2. The Bertz CT molecular complexity index is 545. The van der Waals surface area contributed by atoms with Crippen LogP contribution in [0.1, 0.15) is 25.0 Å². The van der Waals surface area contributed by atoms with E-state index in [4.69, 9.17) is 16.9 Å². The van der Waals surface area contributed by atoms with Crippen molar-refractivity contribution in [1.82, 2.24) is 9.97 Å². The summed E-state index contributed by atoms with van der Waals surface area (Å²) < 4.78 is 0. The normalized spacial score (nSPS) is 9.37. The van der Waals surface area contributed by atoms with E-state index < -0.39 is 0 Å². The Balaban J connectivity index is 0.000000861. The zero-order valence-electron chi connectivity index (χ0n) is 10.9. The summed E-state index contributed by atoms with van der Waals surface area (Å²) in [6, 6.07) is 6.17. The topological polar surface area (TPSA) is 122 Å². The van der Waals surface area contributed by atoms with Gasteiger partial charge in [0.25, 0.3) is 0 Å². The van der Waals surface area contributed by atoms with Crippen molar-refractivity contribution in [3.05, 3.63) is 41.7 Å². The molecule has 6 heteroatoms. The molecular formula is C13H17N5O. The Labute approximate surface area is 111 Å². The number of aromatic hydroxyl groups is 1. The van der Waals surface area contributed by atoms with Crippen LogP contribution >= 0.6 is 0 Å². The average Bonchev–Trinajstić information content (AvgIpc) is 2.41. The summed E-state index contributed by atoms with van der Waals surface area (Å²) in [4.78, 5) is 7.60. The van der Waals surface area contributed by atoms with Gasteiger partial charge < -0.3 is 16.6 Å². The quantitative estimate of drug-likeness (QED) is 0.612. The minimum atomic E-state index is 0.126. The number of nitrogens with zero attached hydrogens (tertiary/aromatic N) is 2. The molecule has 0 fully saturated rings. The Morgan fingerprint density at radius 3 is 2.00 bits per heavy atom. The number of phenols is 1. The average molecular weight is 259 g/mol. The highest BCUT2D eigenvalue weighted by molar-refractivity contribution is 6.15. The van der Waals surface area contributed by atoms with Gasteiger partial charge in [0.2, 0.25) is 0 Å². The summed E-state index contributed by atoms with van der Waals surface area (Å²) in [5.41, 5.74) is 12.3.